The summed E-state index contributed by atoms with van der Waals surface area (Å²) in [6.45, 7) is 6.37. The monoisotopic (exact) mass is 449 g/mol. The average molecular weight is 450 g/mol. The zero-order chi connectivity index (χ0) is 20.1. The standard InChI is InChI=1S/C21H24BrNO5/c1-4-23(13-14-7-6-8-17-19(14)28-10-9-27-17)21(24)15-11-16(22)20(26-5-2)18(12-15)25-3/h6-8,11-12H,4-5,9-10,13H2,1-3H3. The Morgan fingerprint density at radius 2 is 2.00 bits per heavy atom. The second-order valence-electron chi connectivity index (χ2n) is 6.18. The summed E-state index contributed by atoms with van der Waals surface area (Å²) in [5.41, 5.74) is 1.44. The van der Waals surface area contributed by atoms with E-state index in [0.717, 1.165) is 11.3 Å². The van der Waals surface area contributed by atoms with Crippen molar-refractivity contribution >= 4 is 21.8 Å². The first-order chi connectivity index (χ1) is 13.6. The van der Waals surface area contributed by atoms with Crippen LogP contribution in [0.2, 0.25) is 0 Å². The number of halogens is 1. The van der Waals surface area contributed by atoms with Gasteiger partial charge in [0.05, 0.1) is 18.2 Å². The summed E-state index contributed by atoms with van der Waals surface area (Å²) >= 11 is 3.48. The first kappa shape index (κ1) is 20.3. The molecular formula is C21H24BrNO5. The number of carbonyl (C=O) groups is 1. The lowest BCUT2D eigenvalue weighted by Crippen LogP contribution is -2.31. The summed E-state index contributed by atoms with van der Waals surface area (Å²) in [5.74, 6) is 2.44. The van der Waals surface area contributed by atoms with Gasteiger partial charge in [-0.05, 0) is 48.0 Å². The molecule has 0 bridgehead atoms. The van der Waals surface area contributed by atoms with E-state index in [2.05, 4.69) is 15.9 Å². The van der Waals surface area contributed by atoms with Crippen LogP contribution in [0.5, 0.6) is 23.0 Å². The van der Waals surface area contributed by atoms with Gasteiger partial charge in [-0.25, -0.2) is 0 Å². The maximum absolute atomic E-state index is 13.2. The Kier molecular flexibility index (Phi) is 6.67. The van der Waals surface area contributed by atoms with Crippen molar-refractivity contribution in [1.29, 1.82) is 0 Å². The number of fused-ring (bicyclic) bond motifs is 1. The number of ether oxygens (including phenoxy) is 4. The van der Waals surface area contributed by atoms with Crippen LogP contribution in [0.3, 0.4) is 0 Å². The van der Waals surface area contributed by atoms with Gasteiger partial charge >= 0.3 is 0 Å². The molecule has 0 aromatic heterocycles. The van der Waals surface area contributed by atoms with Crippen molar-refractivity contribution in [2.75, 3.05) is 33.5 Å². The molecule has 2 aromatic rings. The lowest BCUT2D eigenvalue weighted by Gasteiger charge is -2.26. The van der Waals surface area contributed by atoms with E-state index in [4.69, 9.17) is 18.9 Å². The topological polar surface area (TPSA) is 57.2 Å². The Labute approximate surface area is 173 Å². The minimum absolute atomic E-state index is 0.0983. The van der Waals surface area contributed by atoms with Gasteiger partial charge in [0, 0.05) is 24.2 Å². The predicted octanol–water partition coefficient (Wildman–Crippen LogP) is 4.29. The average Bonchev–Trinajstić information content (AvgIpc) is 2.72. The molecule has 0 spiro atoms. The van der Waals surface area contributed by atoms with Crippen molar-refractivity contribution in [1.82, 2.24) is 4.90 Å². The van der Waals surface area contributed by atoms with Gasteiger partial charge in [0.1, 0.15) is 13.2 Å². The molecule has 2 aromatic carbocycles. The third-order valence-electron chi connectivity index (χ3n) is 4.44. The zero-order valence-electron chi connectivity index (χ0n) is 16.3. The number of amides is 1. The van der Waals surface area contributed by atoms with Crippen molar-refractivity contribution in [3.63, 3.8) is 0 Å². The number of rotatable bonds is 7. The third kappa shape index (κ3) is 4.19. The van der Waals surface area contributed by atoms with E-state index in [1.165, 1.54) is 0 Å². The Hall–Kier alpha value is -2.41. The van der Waals surface area contributed by atoms with E-state index in [1.807, 2.05) is 32.0 Å². The van der Waals surface area contributed by atoms with Crippen molar-refractivity contribution in [3.05, 3.63) is 45.9 Å². The van der Waals surface area contributed by atoms with Gasteiger partial charge in [0.15, 0.2) is 23.0 Å². The maximum Gasteiger partial charge on any atom is 0.254 e. The molecule has 1 amide bonds. The number of carbonyl (C=O) groups excluding carboxylic acids is 1. The highest BCUT2D eigenvalue weighted by molar-refractivity contribution is 9.10. The van der Waals surface area contributed by atoms with Crippen LogP contribution in [0.25, 0.3) is 0 Å². The number of benzene rings is 2. The molecule has 150 valence electrons. The summed E-state index contributed by atoms with van der Waals surface area (Å²) < 4.78 is 23.1. The summed E-state index contributed by atoms with van der Waals surface area (Å²) in [6, 6.07) is 9.22. The van der Waals surface area contributed by atoms with Gasteiger partial charge < -0.3 is 23.8 Å². The SMILES string of the molecule is CCOc1c(Br)cc(C(=O)N(CC)Cc2cccc3c2OCCO3)cc1OC. The normalized spacial score (nSPS) is 12.4. The Morgan fingerprint density at radius 3 is 2.71 bits per heavy atom. The number of hydrogen-bond acceptors (Lipinski definition) is 5. The Morgan fingerprint density at radius 1 is 1.21 bits per heavy atom. The predicted molar refractivity (Wildman–Crippen MR) is 110 cm³/mol. The molecule has 28 heavy (non-hydrogen) atoms. The summed E-state index contributed by atoms with van der Waals surface area (Å²) in [4.78, 5) is 14.9. The molecule has 3 rings (SSSR count). The van der Waals surface area contributed by atoms with Gasteiger partial charge in [-0.2, -0.15) is 0 Å². The number of hydrogen-bond donors (Lipinski definition) is 0. The highest BCUT2D eigenvalue weighted by Gasteiger charge is 2.22. The molecule has 1 aliphatic rings. The highest BCUT2D eigenvalue weighted by atomic mass is 79.9. The van der Waals surface area contributed by atoms with E-state index >= 15 is 0 Å². The lowest BCUT2D eigenvalue weighted by atomic mass is 10.1. The number of nitrogens with zero attached hydrogens (tertiary/aromatic N) is 1. The molecule has 0 saturated carbocycles. The van der Waals surface area contributed by atoms with Crippen molar-refractivity contribution < 1.29 is 23.7 Å². The van der Waals surface area contributed by atoms with Crippen LogP contribution in [-0.4, -0.2) is 44.3 Å². The molecule has 1 heterocycles. The van der Waals surface area contributed by atoms with E-state index in [1.54, 1.807) is 24.1 Å². The van der Waals surface area contributed by atoms with E-state index in [9.17, 15) is 4.79 Å². The van der Waals surface area contributed by atoms with Crippen molar-refractivity contribution in [2.24, 2.45) is 0 Å². The zero-order valence-corrected chi connectivity index (χ0v) is 17.9. The van der Waals surface area contributed by atoms with Crippen LogP contribution in [-0.2, 0) is 6.54 Å². The molecule has 0 unspecified atom stereocenters. The maximum atomic E-state index is 13.2. The van der Waals surface area contributed by atoms with Gasteiger partial charge in [-0.3, -0.25) is 4.79 Å². The Balaban J connectivity index is 1.87. The van der Waals surface area contributed by atoms with Crippen LogP contribution in [0.4, 0.5) is 0 Å². The quantitative estimate of drug-likeness (QED) is 0.630. The van der Waals surface area contributed by atoms with Crippen molar-refractivity contribution in [2.45, 2.75) is 20.4 Å². The summed E-state index contributed by atoms with van der Waals surface area (Å²) in [5, 5.41) is 0. The minimum atomic E-state index is -0.0983. The van der Waals surface area contributed by atoms with Gasteiger partial charge in [0.25, 0.3) is 5.91 Å². The molecule has 7 heteroatoms. The smallest absolute Gasteiger partial charge is 0.254 e. The molecule has 1 aliphatic heterocycles. The second kappa shape index (κ2) is 9.19. The molecule has 0 N–H and O–H groups in total. The second-order valence-corrected chi connectivity index (χ2v) is 7.04. The third-order valence-corrected chi connectivity index (χ3v) is 5.03. The van der Waals surface area contributed by atoms with Crippen LogP contribution >= 0.6 is 15.9 Å². The molecule has 0 saturated heterocycles. The number of methoxy groups -OCH3 is 1. The molecule has 0 aliphatic carbocycles. The first-order valence-electron chi connectivity index (χ1n) is 9.26. The van der Waals surface area contributed by atoms with Gasteiger partial charge in [-0.15, -0.1) is 0 Å². The van der Waals surface area contributed by atoms with E-state index in [0.29, 0.717) is 60.2 Å². The molecular weight excluding hydrogens is 426 g/mol. The molecule has 6 nitrogen and oxygen atoms in total. The molecule has 0 radical (unpaired) electrons. The van der Waals surface area contributed by atoms with Crippen LogP contribution in [0.1, 0.15) is 29.8 Å². The highest BCUT2D eigenvalue weighted by Crippen LogP contribution is 2.38. The minimum Gasteiger partial charge on any atom is -0.493 e. The fraction of sp³-hybridized carbons (Fsp3) is 0.381. The molecule has 0 atom stereocenters. The summed E-state index contributed by atoms with van der Waals surface area (Å²) in [6.07, 6.45) is 0. The number of para-hydroxylation sites is 1. The van der Waals surface area contributed by atoms with Gasteiger partial charge in [0.2, 0.25) is 0 Å². The van der Waals surface area contributed by atoms with E-state index < -0.39 is 0 Å². The summed E-state index contributed by atoms with van der Waals surface area (Å²) in [7, 11) is 1.56. The van der Waals surface area contributed by atoms with Crippen LogP contribution < -0.4 is 18.9 Å². The first-order valence-corrected chi connectivity index (χ1v) is 10.0. The molecule has 0 fully saturated rings. The largest absolute Gasteiger partial charge is 0.493 e. The van der Waals surface area contributed by atoms with Crippen LogP contribution in [0.15, 0.2) is 34.8 Å². The van der Waals surface area contributed by atoms with Crippen LogP contribution in [0, 0.1) is 0 Å². The Bertz CT molecular complexity index is 855. The fourth-order valence-electron chi connectivity index (χ4n) is 3.10. The van der Waals surface area contributed by atoms with Crippen molar-refractivity contribution in [3.8, 4) is 23.0 Å². The lowest BCUT2D eigenvalue weighted by molar-refractivity contribution is 0.0748. The van der Waals surface area contributed by atoms with Gasteiger partial charge in [-0.1, -0.05) is 12.1 Å². The fourth-order valence-corrected chi connectivity index (χ4v) is 3.66. The van der Waals surface area contributed by atoms with E-state index in [-0.39, 0.29) is 5.91 Å².